The van der Waals surface area contributed by atoms with Crippen LogP contribution in [0.4, 0.5) is 8.78 Å². The van der Waals surface area contributed by atoms with Gasteiger partial charge >= 0.3 is 11.9 Å². The summed E-state index contributed by atoms with van der Waals surface area (Å²) in [5.41, 5.74) is 0. The highest BCUT2D eigenvalue weighted by molar-refractivity contribution is 5.67. The third kappa shape index (κ3) is 3.36. The Morgan fingerprint density at radius 2 is 1.53 bits per heavy atom. The van der Waals surface area contributed by atoms with Gasteiger partial charge in [-0.05, 0) is 6.92 Å². The lowest BCUT2D eigenvalue weighted by atomic mass is 10.0. The summed E-state index contributed by atoms with van der Waals surface area (Å²) in [6, 6.07) is 0. The number of rotatable bonds is 2. The Labute approximate surface area is 97.0 Å². The molecule has 5 atom stereocenters. The lowest BCUT2D eigenvalue weighted by Crippen LogP contribution is -2.56. The van der Waals surface area contributed by atoms with Crippen LogP contribution in [0.15, 0.2) is 0 Å². The average molecular weight is 252 g/mol. The van der Waals surface area contributed by atoms with Gasteiger partial charge in [-0.1, -0.05) is 0 Å². The molecule has 1 heterocycles. The van der Waals surface area contributed by atoms with Crippen LogP contribution < -0.4 is 0 Å². The van der Waals surface area contributed by atoms with Crippen LogP contribution in [0.25, 0.3) is 0 Å². The van der Waals surface area contributed by atoms with E-state index in [-0.39, 0.29) is 0 Å². The summed E-state index contributed by atoms with van der Waals surface area (Å²) in [5, 5.41) is 0. The van der Waals surface area contributed by atoms with Gasteiger partial charge in [0, 0.05) is 13.8 Å². The van der Waals surface area contributed by atoms with Crippen LogP contribution in [0, 0.1) is 0 Å². The van der Waals surface area contributed by atoms with Crippen molar-refractivity contribution < 1.29 is 32.6 Å². The minimum atomic E-state index is -2.21. The van der Waals surface area contributed by atoms with Gasteiger partial charge in [0.25, 0.3) is 0 Å². The molecule has 0 aliphatic carbocycles. The molecule has 1 aliphatic heterocycles. The van der Waals surface area contributed by atoms with E-state index < -0.39 is 42.8 Å². The van der Waals surface area contributed by atoms with E-state index in [9.17, 15) is 18.4 Å². The van der Waals surface area contributed by atoms with E-state index in [0.29, 0.717) is 0 Å². The summed E-state index contributed by atoms with van der Waals surface area (Å²) in [5.74, 6) is -1.47. The van der Waals surface area contributed by atoms with Gasteiger partial charge in [-0.3, -0.25) is 9.59 Å². The molecule has 98 valence electrons. The number of ether oxygens (including phenoxy) is 3. The minimum Gasteiger partial charge on any atom is -0.456 e. The van der Waals surface area contributed by atoms with Gasteiger partial charge in [0.1, 0.15) is 0 Å². The molecule has 0 aromatic carbocycles. The first kappa shape index (κ1) is 13.8. The maximum Gasteiger partial charge on any atom is 0.303 e. The van der Waals surface area contributed by atoms with Crippen molar-refractivity contribution >= 4 is 11.9 Å². The fourth-order valence-electron chi connectivity index (χ4n) is 1.63. The highest BCUT2D eigenvalue weighted by Gasteiger charge is 2.49. The molecule has 0 radical (unpaired) electrons. The molecule has 1 rings (SSSR count). The monoisotopic (exact) mass is 252 g/mol. The number of alkyl halides is 2. The second-order valence-corrected chi connectivity index (χ2v) is 3.78. The predicted molar refractivity (Wildman–Crippen MR) is 51.4 cm³/mol. The van der Waals surface area contributed by atoms with Crippen LogP contribution in [0.5, 0.6) is 0 Å². The van der Waals surface area contributed by atoms with Gasteiger partial charge in [0.05, 0.1) is 6.10 Å². The van der Waals surface area contributed by atoms with Crippen LogP contribution in [0.1, 0.15) is 20.8 Å². The van der Waals surface area contributed by atoms with E-state index in [4.69, 9.17) is 4.74 Å². The van der Waals surface area contributed by atoms with Gasteiger partial charge < -0.3 is 14.2 Å². The van der Waals surface area contributed by atoms with Crippen molar-refractivity contribution in [1.29, 1.82) is 0 Å². The SMILES string of the molecule is CC(=O)O[C@H]1[C@H](F)[C@H](F)O[C@@H](C)[C@H]1OC(C)=O. The Bertz CT molecular complexity index is 309. The molecule has 7 heteroatoms. The fraction of sp³-hybridized carbons (Fsp3) is 0.800. The lowest BCUT2D eigenvalue weighted by molar-refractivity contribution is -0.249. The molecule has 0 bridgehead atoms. The van der Waals surface area contributed by atoms with Crippen LogP contribution in [0.3, 0.4) is 0 Å². The first-order chi connectivity index (χ1) is 7.82. The molecular weight excluding hydrogens is 238 g/mol. The highest BCUT2D eigenvalue weighted by atomic mass is 19.2. The Morgan fingerprint density at radius 3 is 2.00 bits per heavy atom. The average Bonchev–Trinajstić information content (AvgIpc) is 2.19. The number of carbonyl (C=O) groups is 2. The van der Waals surface area contributed by atoms with Crippen molar-refractivity contribution in [3.05, 3.63) is 0 Å². The maximum atomic E-state index is 13.5. The topological polar surface area (TPSA) is 61.8 Å². The van der Waals surface area contributed by atoms with Crippen LogP contribution in [-0.2, 0) is 23.8 Å². The van der Waals surface area contributed by atoms with E-state index in [1.54, 1.807) is 0 Å². The van der Waals surface area contributed by atoms with Gasteiger partial charge in [-0.15, -0.1) is 0 Å². The smallest absolute Gasteiger partial charge is 0.303 e. The molecule has 0 unspecified atom stereocenters. The number of halogens is 2. The van der Waals surface area contributed by atoms with Crippen molar-refractivity contribution in [2.24, 2.45) is 0 Å². The first-order valence-corrected chi connectivity index (χ1v) is 5.11. The van der Waals surface area contributed by atoms with E-state index in [0.717, 1.165) is 13.8 Å². The Morgan fingerprint density at radius 1 is 1.06 bits per heavy atom. The van der Waals surface area contributed by atoms with Gasteiger partial charge in [-0.25, -0.2) is 8.78 Å². The summed E-state index contributed by atoms with van der Waals surface area (Å²) in [6.45, 7) is 3.58. The highest BCUT2D eigenvalue weighted by Crippen LogP contribution is 2.28. The van der Waals surface area contributed by atoms with Gasteiger partial charge in [0.15, 0.2) is 18.4 Å². The third-order valence-corrected chi connectivity index (χ3v) is 2.30. The van der Waals surface area contributed by atoms with Crippen molar-refractivity contribution in [3.63, 3.8) is 0 Å². The van der Waals surface area contributed by atoms with Crippen molar-refractivity contribution in [2.75, 3.05) is 0 Å². The van der Waals surface area contributed by atoms with Crippen molar-refractivity contribution in [1.82, 2.24) is 0 Å². The summed E-state index contributed by atoms with van der Waals surface area (Å²) < 4.78 is 40.7. The molecular formula is C10H14F2O5. The van der Waals surface area contributed by atoms with E-state index in [1.807, 2.05) is 0 Å². The molecule has 1 fully saturated rings. The Hall–Kier alpha value is -1.24. The number of hydrogen-bond acceptors (Lipinski definition) is 5. The lowest BCUT2D eigenvalue weighted by Gasteiger charge is -2.38. The van der Waals surface area contributed by atoms with Crippen LogP contribution in [0.2, 0.25) is 0 Å². The molecule has 1 aliphatic rings. The van der Waals surface area contributed by atoms with Crippen LogP contribution >= 0.6 is 0 Å². The first-order valence-electron chi connectivity index (χ1n) is 5.11. The number of hydrogen-bond donors (Lipinski definition) is 0. The third-order valence-electron chi connectivity index (χ3n) is 2.30. The summed E-state index contributed by atoms with van der Waals surface area (Å²) in [6.07, 6.45) is -7.93. The minimum absolute atomic E-state index is 0.688. The quantitative estimate of drug-likeness (QED) is 0.683. The summed E-state index contributed by atoms with van der Waals surface area (Å²) in [4.78, 5) is 21.7. The summed E-state index contributed by atoms with van der Waals surface area (Å²) >= 11 is 0. The molecule has 0 aromatic rings. The molecule has 0 saturated carbocycles. The fourth-order valence-corrected chi connectivity index (χ4v) is 1.63. The largest absolute Gasteiger partial charge is 0.456 e. The molecule has 0 aromatic heterocycles. The zero-order valence-electron chi connectivity index (χ0n) is 9.68. The number of esters is 2. The van der Waals surface area contributed by atoms with E-state index >= 15 is 0 Å². The van der Waals surface area contributed by atoms with Gasteiger partial charge in [0.2, 0.25) is 6.36 Å². The zero-order valence-corrected chi connectivity index (χ0v) is 9.68. The van der Waals surface area contributed by atoms with Gasteiger partial charge in [-0.2, -0.15) is 0 Å². The Balaban J connectivity index is 2.86. The zero-order chi connectivity index (χ0) is 13.2. The van der Waals surface area contributed by atoms with E-state index in [1.165, 1.54) is 6.92 Å². The standard InChI is InChI=1S/C10H14F2O5/c1-4-8(16-5(2)13)9(17-6(3)14)7(11)10(12)15-4/h4,7-10H,1-3H3/t4-,7-,8+,9-,10+/m0/s1. The molecule has 5 nitrogen and oxygen atoms in total. The molecule has 17 heavy (non-hydrogen) atoms. The van der Waals surface area contributed by atoms with Crippen molar-refractivity contribution in [3.8, 4) is 0 Å². The molecule has 0 N–H and O–H groups in total. The second kappa shape index (κ2) is 5.39. The molecule has 0 spiro atoms. The number of carbonyl (C=O) groups excluding carboxylic acids is 2. The summed E-state index contributed by atoms with van der Waals surface area (Å²) in [7, 11) is 0. The second-order valence-electron chi connectivity index (χ2n) is 3.78. The molecule has 1 saturated heterocycles. The van der Waals surface area contributed by atoms with Crippen LogP contribution in [-0.4, -0.2) is 42.8 Å². The van der Waals surface area contributed by atoms with E-state index in [2.05, 4.69) is 9.47 Å². The normalized spacial score (nSPS) is 37.4. The van der Waals surface area contributed by atoms with Crippen molar-refractivity contribution in [2.45, 2.75) is 51.6 Å². The Kier molecular flexibility index (Phi) is 4.39. The maximum absolute atomic E-state index is 13.5. The molecule has 0 amide bonds. The predicted octanol–water partition coefficient (Wildman–Crippen LogP) is 0.902.